The molecule has 2 saturated heterocycles. The number of piperazine rings is 1. The molecule has 3 aromatic rings. The van der Waals surface area contributed by atoms with Crippen LogP contribution in [0.4, 0.5) is 15.3 Å². The standard InChI is InChI=1S/C38H51N7O7/c1-37(2,3)52-35(48)39-15-17-45(25-27-11-13-28(14-12-27)30-23-40-41-24-30)33(46)29-8-7-16-44(26-29)31-9-6-10-32(22-31)51-38(4,5)34(47)42-18-20-43(21-19-42)36(49)50/h6,9-14,22-24,29H,7-8,15-21,25-26H2,1-5H3,(H,39,48)(H,40,41)(H,49,50)/t29-/m1/s1. The summed E-state index contributed by atoms with van der Waals surface area (Å²) in [4.78, 5) is 58.2. The molecule has 4 amide bonds. The van der Waals surface area contributed by atoms with E-state index in [-0.39, 0.29) is 37.4 Å². The van der Waals surface area contributed by atoms with E-state index in [9.17, 15) is 24.3 Å². The number of hydrogen-bond acceptors (Lipinski definition) is 8. The third-order valence-electron chi connectivity index (χ3n) is 9.20. The summed E-state index contributed by atoms with van der Waals surface area (Å²) in [5.41, 5.74) is 2.05. The first-order valence-electron chi connectivity index (χ1n) is 17.8. The number of rotatable bonds is 11. The van der Waals surface area contributed by atoms with Gasteiger partial charge in [-0.3, -0.25) is 14.7 Å². The third-order valence-corrected chi connectivity index (χ3v) is 9.20. The first-order valence-corrected chi connectivity index (χ1v) is 17.8. The van der Waals surface area contributed by atoms with Crippen molar-refractivity contribution in [2.45, 2.75) is 65.2 Å². The lowest BCUT2D eigenvalue weighted by molar-refractivity contribution is -0.147. The predicted octanol–water partition coefficient (Wildman–Crippen LogP) is 4.83. The van der Waals surface area contributed by atoms with Gasteiger partial charge in [-0.2, -0.15) is 5.10 Å². The number of alkyl carbamates (subject to hydrolysis) is 1. The zero-order chi connectivity index (χ0) is 37.5. The summed E-state index contributed by atoms with van der Waals surface area (Å²) in [6.07, 6.45) is 3.63. The van der Waals surface area contributed by atoms with E-state index >= 15 is 0 Å². The van der Waals surface area contributed by atoms with Crippen molar-refractivity contribution in [2.24, 2.45) is 5.92 Å². The topological polar surface area (TPSA) is 161 Å². The van der Waals surface area contributed by atoms with Crippen molar-refractivity contribution >= 4 is 29.7 Å². The largest absolute Gasteiger partial charge is 0.478 e. The highest BCUT2D eigenvalue weighted by Gasteiger charge is 2.37. The molecular formula is C38H51N7O7. The molecule has 1 atom stereocenters. The summed E-state index contributed by atoms with van der Waals surface area (Å²) < 4.78 is 11.7. The highest BCUT2D eigenvalue weighted by atomic mass is 16.6. The molecule has 1 aromatic heterocycles. The number of benzene rings is 2. The molecule has 280 valence electrons. The molecule has 0 spiro atoms. The second kappa shape index (κ2) is 16.4. The zero-order valence-electron chi connectivity index (χ0n) is 30.8. The van der Waals surface area contributed by atoms with Gasteiger partial charge in [0.05, 0.1) is 12.1 Å². The van der Waals surface area contributed by atoms with Crippen LogP contribution in [0.5, 0.6) is 5.75 Å². The number of hydrogen-bond donors (Lipinski definition) is 3. The van der Waals surface area contributed by atoms with Gasteiger partial charge in [-0.15, -0.1) is 0 Å². The number of H-pyrrole nitrogens is 1. The zero-order valence-corrected chi connectivity index (χ0v) is 30.8. The Labute approximate surface area is 305 Å². The van der Waals surface area contributed by atoms with Crippen LogP contribution in [0, 0.1) is 5.92 Å². The van der Waals surface area contributed by atoms with Gasteiger partial charge >= 0.3 is 12.2 Å². The summed E-state index contributed by atoms with van der Waals surface area (Å²) in [7, 11) is 0. The fourth-order valence-electron chi connectivity index (χ4n) is 6.54. The number of carbonyl (C=O) groups is 4. The van der Waals surface area contributed by atoms with Crippen molar-refractivity contribution < 1.29 is 33.8 Å². The fourth-order valence-corrected chi connectivity index (χ4v) is 6.54. The van der Waals surface area contributed by atoms with E-state index in [1.54, 1.807) is 45.7 Å². The van der Waals surface area contributed by atoms with E-state index < -0.39 is 23.4 Å². The lowest BCUT2D eigenvalue weighted by Gasteiger charge is -2.38. The molecule has 14 nitrogen and oxygen atoms in total. The normalized spacial score (nSPS) is 16.6. The van der Waals surface area contributed by atoms with Gasteiger partial charge in [-0.1, -0.05) is 30.3 Å². The molecule has 52 heavy (non-hydrogen) atoms. The van der Waals surface area contributed by atoms with Gasteiger partial charge in [0.2, 0.25) is 5.91 Å². The Bertz CT molecular complexity index is 1680. The quantitative estimate of drug-likeness (QED) is 0.253. The van der Waals surface area contributed by atoms with Crippen LogP contribution in [0.25, 0.3) is 11.1 Å². The fraction of sp³-hybridized carbons (Fsp3) is 0.500. The van der Waals surface area contributed by atoms with Crippen LogP contribution < -0.4 is 15.0 Å². The molecule has 2 aromatic carbocycles. The minimum absolute atomic E-state index is 0.0109. The molecule has 14 heteroatoms. The van der Waals surface area contributed by atoms with E-state index in [0.717, 1.165) is 41.8 Å². The van der Waals surface area contributed by atoms with E-state index in [1.165, 1.54) is 4.90 Å². The number of nitrogens with zero attached hydrogens (tertiary/aromatic N) is 5. The van der Waals surface area contributed by atoms with E-state index in [2.05, 4.69) is 20.4 Å². The average molecular weight is 718 g/mol. The number of carbonyl (C=O) groups excluding carboxylic acids is 3. The number of piperidine rings is 1. The van der Waals surface area contributed by atoms with Crippen molar-refractivity contribution in [1.29, 1.82) is 0 Å². The number of nitrogens with one attached hydrogen (secondary N) is 2. The number of carboxylic acid groups (broad SMARTS) is 1. The maximum atomic E-state index is 14.2. The van der Waals surface area contributed by atoms with Gasteiger partial charge in [0.1, 0.15) is 11.4 Å². The first kappa shape index (κ1) is 38.0. The van der Waals surface area contributed by atoms with Crippen LogP contribution in [0.15, 0.2) is 60.9 Å². The van der Waals surface area contributed by atoms with Gasteiger partial charge in [0.25, 0.3) is 5.91 Å². The van der Waals surface area contributed by atoms with Crippen LogP contribution in [0.3, 0.4) is 0 Å². The highest BCUT2D eigenvalue weighted by Crippen LogP contribution is 2.30. The molecule has 2 aliphatic heterocycles. The molecule has 0 bridgehead atoms. The smallest absolute Gasteiger partial charge is 0.407 e. The summed E-state index contributed by atoms with van der Waals surface area (Å²) in [5, 5.41) is 18.9. The highest BCUT2D eigenvalue weighted by molar-refractivity contribution is 5.85. The van der Waals surface area contributed by atoms with Crippen LogP contribution in [0.2, 0.25) is 0 Å². The summed E-state index contributed by atoms with van der Waals surface area (Å²) in [6, 6.07) is 15.6. The lowest BCUT2D eigenvalue weighted by Crippen LogP contribution is -2.56. The number of amides is 4. The Balaban J connectivity index is 1.24. The van der Waals surface area contributed by atoms with Crippen molar-refractivity contribution in [2.75, 3.05) is 57.3 Å². The van der Waals surface area contributed by atoms with Crippen molar-refractivity contribution in [1.82, 2.24) is 30.2 Å². The van der Waals surface area contributed by atoms with Crippen LogP contribution in [-0.2, 0) is 20.9 Å². The molecule has 0 unspecified atom stereocenters. The van der Waals surface area contributed by atoms with E-state index in [4.69, 9.17) is 9.47 Å². The Kier molecular flexibility index (Phi) is 12.0. The molecule has 0 radical (unpaired) electrons. The molecule has 5 rings (SSSR count). The van der Waals surface area contributed by atoms with Crippen LogP contribution in [0.1, 0.15) is 53.0 Å². The second-order valence-corrected chi connectivity index (χ2v) is 14.8. The summed E-state index contributed by atoms with van der Waals surface area (Å²) >= 11 is 0. The number of aromatic nitrogens is 2. The Morgan fingerprint density at radius 1 is 0.962 bits per heavy atom. The summed E-state index contributed by atoms with van der Waals surface area (Å²) in [6.45, 7) is 12.2. The summed E-state index contributed by atoms with van der Waals surface area (Å²) in [5.74, 6) is 0.0652. The van der Waals surface area contributed by atoms with Gasteiger partial charge in [-0.25, -0.2) is 9.59 Å². The molecular weight excluding hydrogens is 666 g/mol. The molecule has 2 aliphatic rings. The maximum Gasteiger partial charge on any atom is 0.407 e. The van der Waals surface area contributed by atoms with Gasteiger partial charge in [-0.05, 0) is 70.7 Å². The SMILES string of the molecule is CC(C)(C)OC(=O)NCCN(Cc1ccc(-c2cn[nH]c2)cc1)C(=O)[C@@H]1CCCN(c2cccc(OC(C)(C)C(=O)N3CCN(C(=O)O)CC3)c2)C1. The molecule has 0 aliphatic carbocycles. The van der Waals surface area contributed by atoms with E-state index in [0.29, 0.717) is 38.5 Å². The third kappa shape index (κ3) is 10.2. The maximum absolute atomic E-state index is 14.2. The second-order valence-electron chi connectivity index (χ2n) is 14.8. The Hall–Kier alpha value is -5.27. The predicted molar refractivity (Wildman–Crippen MR) is 196 cm³/mol. The molecule has 3 heterocycles. The van der Waals surface area contributed by atoms with Gasteiger partial charge in [0.15, 0.2) is 5.60 Å². The Morgan fingerprint density at radius 3 is 2.33 bits per heavy atom. The molecule has 3 N–H and O–H groups in total. The van der Waals surface area contributed by atoms with Crippen LogP contribution >= 0.6 is 0 Å². The van der Waals surface area contributed by atoms with Crippen molar-refractivity contribution in [3.8, 4) is 16.9 Å². The number of aromatic amines is 1. The van der Waals surface area contributed by atoms with Crippen LogP contribution in [-0.4, -0.2) is 118 Å². The monoisotopic (exact) mass is 717 g/mol. The van der Waals surface area contributed by atoms with Gasteiger partial charge < -0.3 is 39.5 Å². The van der Waals surface area contributed by atoms with Crippen molar-refractivity contribution in [3.63, 3.8) is 0 Å². The molecule has 2 fully saturated rings. The van der Waals surface area contributed by atoms with E-state index in [1.807, 2.05) is 59.6 Å². The minimum Gasteiger partial charge on any atom is -0.478 e. The number of ether oxygens (including phenoxy) is 2. The number of anilines is 1. The van der Waals surface area contributed by atoms with Gasteiger partial charge in [0, 0.05) is 82.4 Å². The Morgan fingerprint density at radius 2 is 1.67 bits per heavy atom. The lowest BCUT2D eigenvalue weighted by atomic mass is 9.95. The minimum atomic E-state index is -1.17. The first-order chi connectivity index (χ1) is 24.7. The average Bonchev–Trinajstić information content (AvgIpc) is 3.65. The molecule has 0 saturated carbocycles. The van der Waals surface area contributed by atoms with Crippen molar-refractivity contribution in [3.05, 3.63) is 66.5 Å².